The smallest absolute Gasteiger partial charge is 0.316 e. The molecule has 0 aromatic carbocycles. The molecule has 0 radical (unpaired) electrons. The summed E-state index contributed by atoms with van der Waals surface area (Å²) in [4.78, 5) is 0. The molecular formula is C6H12F3NS. The second kappa shape index (κ2) is 5.71. The number of hydrogen-bond acceptors (Lipinski definition) is 2. The van der Waals surface area contributed by atoms with Crippen LogP contribution in [0.2, 0.25) is 0 Å². The molecule has 0 spiro atoms. The number of nitrogens with one attached hydrogen (secondary N) is 1. The van der Waals surface area contributed by atoms with E-state index in [1.807, 2.05) is 6.26 Å². The summed E-state index contributed by atoms with van der Waals surface area (Å²) in [6.45, 7) is 0.682. The summed E-state index contributed by atoms with van der Waals surface area (Å²) in [7, 11) is 0. The maximum Gasteiger partial charge on any atom is 0.390 e. The fourth-order valence-electron chi connectivity index (χ4n) is 0.529. The molecule has 68 valence electrons. The van der Waals surface area contributed by atoms with E-state index in [2.05, 4.69) is 5.32 Å². The van der Waals surface area contributed by atoms with Gasteiger partial charge in [-0.1, -0.05) is 0 Å². The van der Waals surface area contributed by atoms with E-state index in [9.17, 15) is 13.2 Å². The van der Waals surface area contributed by atoms with Crippen molar-refractivity contribution in [3.8, 4) is 0 Å². The molecule has 0 atom stereocenters. The molecule has 0 saturated carbocycles. The van der Waals surface area contributed by atoms with Gasteiger partial charge in [0.05, 0.1) is 6.42 Å². The molecule has 0 aliphatic carbocycles. The molecule has 0 fully saturated rings. The fourth-order valence-corrected chi connectivity index (χ4v) is 0.878. The highest BCUT2D eigenvalue weighted by molar-refractivity contribution is 7.98. The monoisotopic (exact) mass is 187 g/mol. The van der Waals surface area contributed by atoms with Crippen LogP contribution in [-0.2, 0) is 0 Å². The summed E-state index contributed by atoms with van der Waals surface area (Å²) in [5.74, 6) is 0.859. The lowest BCUT2D eigenvalue weighted by Gasteiger charge is -2.06. The largest absolute Gasteiger partial charge is 0.390 e. The van der Waals surface area contributed by atoms with Crippen molar-refractivity contribution >= 4 is 11.8 Å². The van der Waals surface area contributed by atoms with Crippen molar-refractivity contribution in [1.29, 1.82) is 0 Å². The van der Waals surface area contributed by atoms with Crippen LogP contribution in [-0.4, -0.2) is 31.3 Å². The summed E-state index contributed by atoms with van der Waals surface area (Å²) in [5.41, 5.74) is 0. The molecule has 0 heterocycles. The van der Waals surface area contributed by atoms with Crippen LogP contribution in [0.4, 0.5) is 13.2 Å². The van der Waals surface area contributed by atoms with Crippen LogP contribution >= 0.6 is 11.8 Å². The van der Waals surface area contributed by atoms with Gasteiger partial charge in [-0.25, -0.2) is 0 Å². The predicted molar refractivity (Wildman–Crippen MR) is 41.9 cm³/mol. The number of rotatable bonds is 5. The van der Waals surface area contributed by atoms with Gasteiger partial charge in [-0.2, -0.15) is 24.9 Å². The highest BCUT2D eigenvalue weighted by atomic mass is 32.2. The predicted octanol–water partition coefficient (Wildman–Crippen LogP) is 1.89. The Morgan fingerprint density at radius 1 is 1.27 bits per heavy atom. The third-order valence-corrected chi connectivity index (χ3v) is 1.68. The van der Waals surface area contributed by atoms with Crippen molar-refractivity contribution in [3.05, 3.63) is 0 Å². The van der Waals surface area contributed by atoms with Crippen molar-refractivity contribution in [3.63, 3.8) is 0 Å². The van der Waals surface area contributed by atoms with Crippen LogP contribution in [0, 0.1) is 0 Å². The first-order valence-electron chi connectivity index (χ1n) is 3.32. The zero-order chi connectivity index (χ0) is 8.74. The minimum absolute atomic E-state index is 0.0318. The number of thioether (sulfide) groups is 1. The van der Waals surface area contributed by atoms with Crippen LogP contribution < -0.4 is 5.32 Å². The Morgan fingerprint density at radius 3 is 2.36 bits per heavy atom. The molecule has 1 nitrogen and oxygen atoms in total. The number of hydrogen-bond donors (Lipinski definition) is 1. The lowest BCUT2D eigenvalue weighted by Crippen LogP contribution is -2.23. The van der Waals surface area contributed by atoms with Gasteiger partial charge in [0.25, 0.3) is 0 Å². The van der Waals surface area contributed by atoms with Crippen molar-refractivity contribution in [2.24, 2.45) is 0 Å². The first-order valence-corrected chi connectivity index (χ1v) is 4.72. The Bertz CT molecular complexity index is 94.3. The van der Waals surface area contributed by atoms with Gasteiger partial charge in [0.1, 0.15) is 0 Å². The normalized spacial score (nSPS) is 12.0. The molecule has 0 saturated heterocycles. The van der Waals surface area contributed by atoms with Crippen molar-refractivity contribution in [2.45, 2.75) is 12.6 Å². The van der Waals surface area contributed by atoms with Gasteiger partial charge >= 0.3 is 6.18 Å². The van der Waals surface area contributed by atoms with E-state index in [1.165, 1.54) is 0 Å². The summed E-state index contributed by atoms with van der Waals surface area (Å²) in [5, 5.41) is 2.70. The van der Waals surface area contributed by atoms with Crippen LogP contribution in [0.15, 0.2) is 0 Å². The molecule has 1 N–H and O–H groups in total. The van der Waals surface area contributed by atoms with Crippen molar-refractivity contribution in [1.82, 2.24) is 5.32 Å². The highest BCUT2D eigenvalue weighted by Crippen LogP contribution is 2.17. The van der Waals surface area contributed by atoms with E-state index in [1.54, 1.807) is 11.8 Å². The van der Waals surface area contributed by atoms with E-state index in [-0.39, 0.29) is 6.54 Å². The maximum atomic E-state index is 11.5. The van der Waals surface area contributed by atoms with Gasteiger partial charge < -0.3 is 5.32 Å². The van der Waals surface area contributed by atoms with Crippen molar-refractivity contribution < 1.29 is 13.2 Å². The molecular weight excluding hydrogens is 175 g/mol. The molecule has 11 heavy (non-hydrogen) atoms. The van der Waals surface area contributed by atoms with Crippen LogP contribution in [0.5, 0.6) is 0 Å². The molecule has 0 rings (SSSR count). The molecule has 0 aliphatic heterocycles. The SMILES string of the molecule is CSCCNCCC(F)(F)F. The van der Waals surface area contributed by atoms with Crippen LogP contribution in [0.1, 0.15) is 6.42 Å². The topological polar surface area (TPSA) is 12.0 Å². The first-order chi connectivity index (χ1) is 5.06. The molecule has 0 aliphatic rings. The molecule has 0 aromatic heterocycles. The highest BCUT2D eigenvalue weighted by Gasteiger charge is 2.25. The van der Waals surface area contributed by atoms with E-state index < -0.39 is 12.6 Å². The Balaban J connectivity index is 3.02. The minimum Gasteiger partial charge on any atom is -0.316 e. The standard InChI is InChI=1S/C6H12F3NS/c1-11-5-4-10-3-2-6(7,8)9/h10H,2-5H2,1H3. The molecule has 0 bridgehead atoms. The summed E-state index contributed by atoms with van der Waals surface area (Å²) < 4.78 is 34.6. The Hall–Kier alpha value is 0.100. The van der Waals surface area contributed by atoms with Gasteiger partial charge in [-0.05, 0) is 6.26 Å². The van der Waals surface area contributed by atoms with Gasteiger partial charge in [0.2, 0.25) is 0 Å². The molecule has 5 heteroatoms. The summed E-state index contributed by atoms with van der Waals surface area (Å²) >= 11 is 1.62. The lowest BCUT2D eigenvalue weighted by atomic mass is 10.4. The first kappa shape index (κ1) is 11.1. The summed E-state index contributed by atoms with van der Waals surface area (Å²) in [6.07, 6.45) is -2.83. The van der Waals surface area contributed by atoms with Crippen LogP contribution in [0.3, 0.4) is 0 Å². The molecule has 0 amide bonds. The molecule has 0 unspecified atom stereocenters. The Labute approximate surface area is 68.7 Å². The molecule has 0 aromatic rings. The number of alkyl halides is 3. The fraction of sp³-hybridized carbons (Fsp3) is 1.00. The van der Waals surface area contributed by atoms with Gasteiger partial charge in [0, 0.05) is 18.8 Å². The second-order valence-corrected chi connectivity index (χ2v) is 3.09. The minimum atomic E-state index is -4.02. The average molecular weight is 187 g/mol. The van der Waals surface area contributed by atoms with E-state index in [4.69, 9.17) is 0 Å². The second-order valence-electron chi connectivity index (χ2n) is 2.11. The van der Waals surface area contributed by atoms with E-state index in [0.717, 1.165) is 5.75 Å². The maximum absolute atomic E-state index is 11.5. The Morgan fingerprint density at radius 2 is 1.91 bits per heavy atom. The van der Waals surface area contributed by atoms with E-state index >= 15 is 0 Å². The van der Waals surface area contributed by atoms with Crippen LogP contribution in [0.25, 0.3) is 0 Å². The lowest BCUT2D eigenvalue weighted by molar-refractivity contribution is -0.133. The average Bonchev–Trinajstić information content (AvgIpc) is 1.85. The third kappa shape index (κ3) is 10.1. The Kier molecular flexibility index (Phi) is 5.76. The zero-order valence-electron chi connectivity index (χ0n) is 6.37. The van der Waals surface area contributed by atoms with Gasteiger partial charge in [-0.3, -0.25) is 0 Å². The van der Waals surface area contributed by atoms with E-state index in [0.29, 0.717) is 6.54 Å². The quantitative estimate of drug-likeness (QED) is 0.660. The van der Waals surface area contributed by atoms with Gasteiger partial charge in [0.15, 0.2) is 0 Å². The number of halogens is 3. The van der Waals surface area contributed by atoms with Crippen molar-refractivity contribution in [2.75, 3.05) is 25.1 Å². The third-order valence-electron chi connectivity index (χ3n) is 1.07. The van der Waals surface area contributed by atoms with Gasteiger partial charge in [-0.15, -0.1) is 0 Å². The zero-order valence-corrected chi connectivity index (χ0v) is 7.19. The summed E-state index contributed by atoms with van der Waals surface area (Å²) in [6, 6.07) is 0.